The summed E-state index contributed by atoms with van der Waals surface area (Å²) in [5.41, 5.74) is 1.87. The summed E-state index contributed by atoms with van der Waals surface area (Å²) in [6, 6.07) is 3.67. The number of hydrogen-bond donors (Lipinski definition) is 1. The summed E-state index contributed by atoms with van der Waals surface area (Å²) in [5.74, 6) is 1.03. The van der Waals surface area contributed by atoms with E-state index < -0.39 is 0 Å². The summed E-state index contributed by atoms with van der Waals surface area (Å²) < 4.78 is 0. The van der Waals surface area contributed by atoms with E-state index in [2.05, 4.69) is 16.9 Å². The minimum absolute atomic E-state index is 0.563. The number of unbranched alkanes of at least 4 members (excludes halogenated alkanes) is 6. The number of aryl methyl sites for hydroxylation is 1. The number of nitrogens with zero attached hydrogens (tertiary/aromatic N) is 1. The van der Waals surface area contributed by atoms with Gasteiger partial charge in [-0.15, -0.1) is 0 Å². The number of rotatable bonds is 8. The maximum absolute atomic E-state index is 6.00. The van der Waals surface area contributed by atoms with Crippen LogP contribution in [-0.4, -0.2) is 9.97 Å². The number of aromatic amines is 1. The molecule has 0 unspecified atom stereocenters. The van der Waals surface area contributed by atoms with Gasteiger partial charge >= 0.3 is 0 Å². The van der Waals surface area contributed by atoms with Gasteiger partial charge in [-0.3, -0.25) is 0 Å². The number of halogens is 2. The number of aromatic nitrogens is 2. The number of nitrogens with one attached hydrogen (secondary N) is 1. The molecule has 0 saturated carbocycles. The van der Waals surface area contributed by atoms with Crippen molar-refractivity contribution in [2.45, 2.75) is 58.3 Å². The Kier molecular flexibility index (Phi) is 6.18. The summed E-state index contributed by atoms with van der Waals surface area (Å²) in [5, 5.41) is 1.14. The van der Waals surface area contributed by atoms with Crippen molar-refractivity contribution in [2.24, 2.45) is 0 Å². The Labute approximate surface area is 130 Å². The monoisotopic (exact) mass is 312 g/mol. The van der Waals surface area contributed by atoms with E-state index in [9.17, 15) is 0 Å². The summed E-state index contributed by atoms with van der Waals surface area (Å²) in [4.78, 5) is 7.88. The van der Waals surface area contributed by atoms with Crippen LogP contribution in [0, 0.1) is 0 Å². The molecule has 2 nitrogen and oxygen atoms in total. The van der Waals surface area contributed by atoms with Crippen LogP contribution in [-0.2, 0) is 6.42 Å². The molecule has 0 fully saturated rings. The second kappa shape index (κ2) is 7.90. The van der Waals surface area contributed by atoms with Crippen molar-refractivity contribution < 1.29 is 0 Å². The largest absolute Gasteiger partial charge is 0.342 e. The highest BCUT2D eigenvalue weighted by Crippen LogP contribution is 2.26. The highest BCUT2D eigenvalue weighted by molar-refractivity contribution is 6.42. The minimum atomic E-state index is 0.563. The Morgan fingerprint density at radius 1 is 0.950 bits per heavy atom. The van der Waals surface area contributed by atoms with E-state index in [1.807, 2.05) is 12.1 Å². The summed E-state index contributed by atoms with van der Waals surface area (Å²) >= 11 is 12.0. The smallest absolute Gasteiger partial charge is 0.107 e. The average molecular weight is 313 g/mol. The lowest BCUT2D eigenvalue weighted by atomic mass is 10.1. The standard InChI is InChI=1S/C16H22Cl2N2/c1-2-3-4-5-6-7-8-9-16-19-14-10-12(17)13(18)11-15(14)20-16/h10-11H,2-9H2,1H3,(H,19,20). The van der Waals surface area contributed by atoms with Gasteiger partial charge in [-0.2, -0.15) is 0 Å². The number of fused-ring (bicyclic) bond motifs is 1. The Hall–Kier alpha value is -0.730. The summed E-state index contributed by atoms with van der Waals surface area (Å²) in [6.07, 6.45) is 10.2. The predicted molar refractivity (Wildman–Crippen MR) is 87.8 cm³/mol. The normalized spacial score (nSPS) is 11.3. The molecule has 110 valence electrons. The molecule has 2 rings (SSSR count). The summed E-state index contributed by atoms with van der Waals surface area (Å²) in [6.45, 7) is 2.25. The van der Waals surface area contributed by atoms with Gasteiger partial charge in [0.05, 0.1) is 21.1 Å². The van der Waals surface area contributed by atoms with Crippen molar-refractivity contribution in [3.05, 3.63) is 28.0 Å². The molecule has 0 atom stereocenters. The van der Waals surface area contributed by atoms with Crippen molar-refractivity contribution in [1.82, 2.24) is 9.97 Å². The molecule has 0 aliphatic rings. The van der Waals surface area contributed by atoms with Gasteiger partial charge in [0, 0.05) is 6.42 Å². The molecule has 2 aromatic rings. The summed E-state index contributed by atoms with van der Waals surface area (Å²) in [7, 11) is 0. The van der Waals surface area contributed by atoms with Gasteiger partial charge < -0.3 is 4.98 Å². The van der Waals surface area contributed by atoms with Gasteiger partial charge in [0.1, 0.15) is 5.82 Å². The molecule has 1 N–H and O–H groups in total. The molecule has 0 radical (unpaired) electrons. The number of benzene rings is 1. The highest BCUT2D eigenvalue weighted by Gasteiger charge is 2.06. The fraction of sp³-hybridized carbons (Fsp3) is 0.562. The van der Waals surface area contributed by atoms with Crippen molar-refractivity contribution in [3.63, 3.8) is 0 Å². The van der Waals surface area contributed by atoms with Crippen LogP contribution in [0.3, 0.4) is 0 Å². The first kappa shape index (κ1) is 15.7. The van der Waals surface area contributed by atoms with Crippen molar-refractivity contribution in [2.75, 3.05) is 0 Å². The van der Waals surface area contributed by atoms with E-state index in [0.29, 0.717) is 10.0 Å². The molecule has 1 aromatic carbocycles. The zero-order valence-corrected chi connectivity index (χ0v) is 13.5. The van der Waals surface area contributed by atoms with E-state index in [0.717, 1.165) is 23.3 Å². The zero-order chi connectivity index (χ0) is 14.4. The zero-order valence-electron chi connectivity index (χ0n) is 12.0. The van der Waals surface area contributed by atoms with Gasteiger partial charge in [0.15, 0.2) is 0 Å². The van der Waals surface area contributed by atoms with Crippen LogP contribution in [0.2, 0.25) is 10.0 Å². The highest BCUT2D eigenvalue weighted by atomic mass is 35.5. The molecule has 0 spiro atoms. The van der Waals surface area contributed by atoms with E-state index in [4.69, 9.17) is 23.2 Å². The second-order valence-electron chi connectivity index (χ2n) is 5.34. The molecular weight excluding hydrogens is 291 g/mol. The van der Waals surface area contributed by atoms with Crippen LogP contribution in [0.5, 0.6) is 0 Å². The molecule has 0 saturated heterocycles. The maximum Gasteiger partial charge on any atom is 0.107 e. The fourth-order valence-corrected chi connectivity index (χ4v) is 2.75. The number of imidazole rings is 1. The fourth-order valence-electron chi connectivity index (χ4n) is 2.43. The Balaban J connectivity index is 1.79. The van der Waals surface area contributed by atoms with Gasteiger partial charge in [-0.1, -0.05) is 68.7 Å². The van der Waals surface area contributed by atoms with E-state index in [1.165, 1.54) is 44.9 Å². The van der Waals surface area contributed by atoms with Crippen LogP contribution < -0.4 is 0 Å². The molecule has 0 bridgehead atoms. The third-order valence-corrected chi connectivity index (χ3v) is 4.31. The topological polar surface area (TPSA) is 28.7 Å². The van der Waals surface area contributed by atoms with E-state index in [1.54, 1.807) is 0 Å². The average Bonchev–Trinajstić information content (AvgIpc) is 2.80. The predicted octanol–water partition coefficient (Wildman–Crippen LogP) is 6.16. The molecule has 1 heterocycles. The lowest BCUT2D eigenvalue weighted by Gasteiger charge is -1.99. The lowest BCUT2D eigenvalue weighted by Crippen LogP contribution is -1.88. The van der Waals surface area contributed by atoms with E-state index >= 15 is 0 Å². The van der Waals surface area contributed by atoms with Gasteiger partial charge in [0.25, 0.3) is 0 Å². The van der Waals surface area contributed by atoms with Crippen LogP contribution in [0.1, 0.15) is 57.7 Å². The molecule has 0 aliphatic heterocycles. The van der Waals surface area contributed by atoms with Crippen LogP contribution >= 0.6 is 23.2 Å². The number of hydrogen-bond acceptors (Lipinski definition) is 1. The minimum Gasteiger partial charge on any atom is -0.342 e. The quantitative estimate of drug-likeness (QED) is 0.581. The van der Waals surface area contributed by atoms with Crippen molar-refractivity contribution >= 4 is 34.2 Å². The van der Waals surface area contributed by atoms with Gasteiger partial charge in [-0.05, 0) is 18.6 Å². The molecule has 1 aromatic heterocycles. The second-order valence-corrected chi connectivity index (χ2v) is 6.15. The molecule has 20 heavy (non-hydrogen) atoms. The third-order valence-electron chi connectivity index (χ3n) is 3.59. The first-order valence-corrected chi connectivity index (χ1v) is 8.30. The van der Waals surface area contributed by atoms with Crippen LogP contribution in [0.4, 0.5) is 0 Å². The van der Waals surface area contributed by atoms with Crippen molar-refractivity contribution in [1.29, 1.82) is 0 Å². The first-order chi connectivity index (χ1) is 9.70. The van der Waals surface area contributed by atoms with Crippen LogP contribution in [0.15, 0.2) is 12.1 Å². The van der Waals surface area contributed by atoms with E-state index in [-0.39, 0.29) is 0 Å². The Morgan fingerprint density at radius 2 is 1.60 bits per heavy atom. The van der Waals surface area contributed by atoms with Crippen LogP contribution in [0.25, 0.3) is 11.0 Å². The molecule has 4 heteroatoms. The molecular formula is C16H22Cl2N2. The molecule has 0 amide bonds. The third kappa shape index (κ3) is 4.39. The Bertz CT molecular complexity index is 510. The van der Waals surface area contributed by atoms with Gasteiger partial charge in [-0.25, -0.2) is 4.98 Å². The Morgan fingerprint density at radius 3 is 2.35 bits per heavy atom. The van der Waals surface area contributed by atoms with Gasteiger partial charge in [0.2, 0.25) is 0 Å². The maximum atomic E-state index is 6.00. The first-order valence-electron chi connectivity index (χ1n) is 7.54. The van der Waals surface area contributed by atoms with Crippen molar-refractivity contribution in [3.8, 4) is 0 Å². The molecule has 0 aliphatic carbocycles. The SMILES string of the molecule is CCCCCCCCCc1nc2cc(Cl)c(Cl)cc2[nH]1. The number of H-pyrrole nitrogens is 1. The lowest BCUT2D eigenvalue weighted by molar-refractivity contribution is 0.585.